The molecule has 1 aromatic heterocycles. The van der Waals surface area contributed by atoms with Crippen molar-refractivity contribution in [2.45, 2.75) is 12.3 Å². The summed E-state index contributed by atoms with van der Waals surface area (Å²) in [6.07, 6.45) is 1.68. The number of amides is 1. The summed E-state index contributed by atoms with van der Waals surface area (Å²) in [4.78, 5) is 16.2. The van der Waals surface area contributed by atoms with Gasteiger partial charge in [0.15, 0.2) is 0 Å². The highest BCUT2D eigenvalue weighted by molar-refractivity contribution is 6.30. The second-order valence-electron chi connectivity index (χ2n) is 6.66. The molecule has 0 unspecified atom stereocenters. The number of hydrogen-bond donors (Lipinski definition) is 1. The number of benzene rings is 2. The Morgan fingerprint density at radius 3 is 2.45 bits per heavy atom. The molecule has 0 radical (unpaired) electrons. The lowest BCUT2D eigenvalue weighted by molar-refractivity contribution is 0.143. The number of pyridine rings is 1. The third-order valence-electron chi connectivity index (χ3n) is 4.80. The van der Waals surface area contributed by atoms with Crippen molar-refractivity contribution in [1.29, 1.82) is 0 Å². The molecule has 1 aliphatic carbocycles. The van der Waals surface area contributed by atoms with E-state index < -0.39 is 6.09 Å². The van der Waals surface area contributed by atoms with E-state index in [1.165, 1.54) is 22.3 Å². The highest BCUT2D eigenvalue weighted by Crippen LogP contribution is 2.44. The molecule has 4 nitrogen and oxygen atoms in total. The quantitative estimate of drug-likeness (QED) is 0.492. The molecule has 0 bridgehead atoms. The first kappa shape index (κ1) is 19.0. The predicted molar refractivity (Wildman–Crippen MR) is 114 cm³/mol. The Morgan fingerprint density at radius 2 is 1.76 bits per heavy atom. The van der Waals surface area contributed by atoms with Gasteiger partial charge in [0.1, 0.15) is 12.3 Å². The van der Waals surface area contributed by atoms with Crippen LogP contribution in [0.3, 0.4) is 0 Å². The van der Waals surface area contributed by atoms with E-state index in [0.29, 0.717) is 30.3 Å². The largest absolute Gasteiger partial charge is 0.449 e. The SMILES string of the molecule is O=C(NCCC#Cc1cc(Cl)ccn1)OCC1c2ccccc2-c2ccccc21. The normalized spacial score (nSPS) is 11.8. The number of halogens is 1. The van der Waals surface area contributed by atoms with Gasteiger partial charge in [-0.1, -0.05) is 66.1 Å². The van der Waals surface area contributed by atoms with Crippen LogP contribution in [0.4, 0.5) is 4.79 Å². The standard InChI is InChI=1S/C24H19ClN2O2/c25-17-12-14-26-18(15-17)7-5-6-13-27-24(28)29-16-23-21-10-3-1-8-19(21)20-9-2-4-11-22(20)23/h1-4,8-12,14-15,23H,6,13,16H2,(H,27,28). The van der Waals surface area contributed by atoms with Gasteiger partial charge in [-0.15, -0.1) is 0 Å². The fraction of sp³-hybridized carbons (Fsp3) is 0.167. The molecule has 3 aromatic rings. The molecule has 2 aromatic carbocycles. The molecule has 1 aliphatic rings. The first-order chi connectivity index (χ1) is 14.2. The average Bonchev–Trinajstić information content (AvgIpc) is 3.06. The van der Waals surface area contributed by atoms with Crippen LogP contribution in [-0.2, 0) is 4.74 Å². The lowest BCUT2D eigenvalue weighted by atomic mass is 9.98. The third-order valence-corrected chi connectivity index (χ3v) is 5.04. The van der Waals surface area contributed by atoms with Crippen LogP contribution in [0.15, 0.2) is 66.9 Å². The summed E-state index contributed by atoms with van der Waals surface area (Å²) in [6, 6.07) is 19.9. The first-order valence-electron chi connectivity index (χ1n) is 9.41. The Kier molecular flexibility index (Phi) is 5.79. The van der Waals surface area contributed by atoms with E-state index in [1.807, 2.05) is 24.3 Å². The molecule has 29 heavy (non-hydrogen) atoms. The van der Waals surface area contributed by atoms with Gasteiger partial charge in [-0.2, -0.15) is 0 Å². The number of carbonyl (C=O) groups excluding carboxylic acids is 1. The van der Waals surface area contributed by atoms with E-state index >= 15 is 0 Å². The fourth-order valence-corrected chi connectivity index (χ4v) is 3.66. The van der Waals surface area contributed by atoms with Gasteiger partial charge in [0, 0.05) is 30.1 Å². The molecule has 0 atom stereocenters. The maximum Gasteiger partial charge on any atom is 0.407 e. The van der Waals surface area contributed by atoms with Gasteiger partial charge >= 0.3 is 6.09 Å². The lowest BCUT2D eigenvalue weighted by Crippen LogP contribution is -2.26. The van der Waals surface area contributed by atoms with Crippen molar-refractivity contribution in [3.63, 3.8) is 0 Å². The third kappa shape index (κ3) is 4.42. The van der Waals surface area contributed by atoms with Crippen molar-refractivity contribution in [3.05, 3.63) is 88.7 Å². The van der Waals surface area contributed by atoms with Gasteiger partial charge < -0.3 is 10.1 Å². The highest BCUT2D eigenvalue weighted by atomic mass is 35.5. The van der Waals surface area contributed by atoms with Crippen LogP contribution < -0.4 is 5.32 Å². The minimum absolute atomic E-state index is 0.0573. The van der Waals surface area contributed by atoms with E-state index in [0.717, 1.165) is 0 Å². The van der Waals surface area contributed by atoms with Gasteiger partial charge in [-0.25, -0.2) is 9.78 Å². The summed E-state index contributed by atoms with van der Waals surface area (Å²) < 4.78 is 5.49. The minimum atomic E-state index is -0.436. The number of ether oxygens (including phenoxy) is 1. The Morgan fingerprint density at radius 1 is 1.07 bits per heavy atom. The number of carbonyl (C=O) groups is 1. The van der Waals surface area contributed by atoms with Crippen molar-refractivity contribution in [2.75, 3.05) is 13.2 Å². The molecule has 4 rings (SSSR count). The number of alkyl carbamates (subject to hydrolysis) is 1. The van der Waals surface area contributed by atoms with Crippen molar-refractivity contribution in [2.24, 2.45) is 0 Å². The number of hydrogen-bond acceptors (Lipinski definition) is 3. The predicted octanol–water partition coefficient (Wildman–Crippen LogP) is 5.02. The summed E-state index contributed by atoms with van der Waals surface area (Å²) in [5, 5.41) is 3.34. The molecule has 0 aliphatic heterocycles. The molecular weight excluding hydrogens is 384 g/mol. The van der Waals surface area contributed by atoms with Crippen molar-refractivity contribution < 1.29 is 9.53 Å². The monoisotopic (exact) mass is 402 g/mol. The molecule has 0 saturated heterocycles. The molecule has 1 amide bonds. The number of nitrogens with one attached hydrogen (secondary N) is 1. The van der Waals surface area contributed by atoms with Gasteiger partial charge in [0.25, 0.3) is 0 Å². The number of fused-ring (bicyclic) bond motifs is 3. The summed E-state index contributed by atoms with van der Waals surface area (Å²) >= 11 is 5.90. The summed E-state index contributed by atoms with van der Waals surface area (Å²) in [5.41, 5.74) is 5.42. The average molecular weight is 403 g/mol. The highest BCUT2D eigenvalue weighted by Gasteiger charge is 2.28. The number of aromatic nitrogens is 1. The van der Waals surface area contributed by atoms with E-state index in [1.54, 1.807) is 18.3 Å². The van der Waals surface area contributed by atoms with Crippen LogP contribution in [0.25, 0.3) is 11.1 Å². The first-order valence-corrected chi connectivity index (χ1v) is 9.79. The smallest absolute Gasteiger partial charge is 0.407 e. The van der Waals surface area contributed by atoms with Gasteiger partial charge in [-0.05, 0) is 40.3 Å². The van der Waals surface area contributed by atoms with Crippen LogP contribution in [0.2, 0.25) is 5.02 Å². The van der Waals surface area contributed by atoms with Crippen LogP contribution in [0, 0.1) is 11.8 Å². The molecule has 1 heterocycles. The summed E-state index contributed by atoms with van der Waals surface area (Å²) in [6.45, 7) is 0.711. The summed E-state index contributed by atoms with van der Waals surface area (Å²) in [5.74, 6) is 5.94. The van der Waals surface area contributed by atoms with Crippen molar-refractivity contribution >= 4 is 17.7 Å². The fourth-order valence-electron chi connectivity index (χ4n) is 3.50. The second kappa shape index (κ2) is 8.81. The van der Waals surface area contributed by atoms with E-state index in [4.69, 9.17) is 16.3 Å². The lowest BCUT2D eigenvalue weighted by Gasteiger charge is -2.14. The van der Waals surface area contributed by atoms with E-state index in [9.17, 15) is 4.79 Å². The van der Waals surface area contributed by atoms with Crippen molar-refractivity contribution in [1.82, 2.24) is 10.3 Å². The topological polar surface area (TPSA) is 51.2 Å². The zero-order chi connectivity index (χ0) is 20.1. The second-order valence-corrected chi connectivity index (χ2v) is 7.10. The van der Waals surface area contributed by atoms with Crippen LogP contribution in [-0.4, -0.2) is 24.2 Å². The van der Waals surface area contributed by atoms with Gasteiger partial charge in [-0.3, -0.25) is 0 Å². The molecular formula is C24H19ClN2O2. The minimum Gasteiger partial charge on any atom is -0.449 e. The number of rotatable bonds is 4. The van der Waals surface area contributed by atoms with Crippen LogP contribution in [0.1, 0.15) is 29.2 Å². The van der Waals surface area contributed by atoms with Gasteiger partial charge in [0.2, 0.25) is 0 Å². The Balaban J connectivity index is 1.29. The van der Waals surface area contributed by atoms with Crippen LogP contribution >= 0.6 is 11.6 Å². The molecule has 144 valence electrons. The van der Waals surface area contributed by atoms with Gasteiger partial charge in [0.05, 0.1) is 0 Å². The maximum atomic E-state index is 12.1. The zero-order valence-corrected chi connectivity index (χ0v) is 16.4. The Bertz CT molecular complexity index is 1060. The van der Waals surface area contributed by atoms with E-state index in [2.05, 4.69) is 46.4 Å². The Labute approximate surface area is 174 Å². The molecule has 0 spiro atoms. The molecule has 5 heteroatoms. The van der Waals surface area contributed by atoms with Crippen LogP contribution in [0.5, 0.6) is 0 Å². The molecule has 0 saturated carbocycles. The Hall–Kier alpha value is -3.29. The maximum absolute atomic E-state index is 12.1. The van der Waals surface area contributed by atoms with Crippen molar-refractivity contribution in [3.8, 4) is 23.0 Å². The zero-order valence-electron chi connectivity index (χ0n) is 15.7. The molecule has 1 N–H and O–H groups in total. The summed E-state index contributed by atoms with van der Waals surface area (Å²) in [7, 11) is 0. The van der Waals surface area contributed by atoms with E-state index in [-0.39, 0.29) is 5.92 Å². The molecule has 0 fully saturated rings. The number of nitrogens with zero attached hydrogens (tertiary/aromatic N) is 1.